The van der Waals surface area contributed by atoms with Crippen LogP contribution in [0, 0.1) is 0 Å². The monoisotopic (exact) mass is 475 g/mol. The molecular formula is C21H41N5O7. The second-order valence-electron chi connectivity index (χ2n) is 8.13. The second-order valence-corrected chi connectivity index (χ2v) is 8.13. The quantitative estimate of drug-likeness (QED) is 0.0831. The summed E-state index contributed by atoms with van der Waals surface area (Å²) >= 11 is 0. The van der Waals surface area contributed by atoms with Gasteiger partial charge in [-0.3, -0.25) is 9.59 Å². The molecule has 0 rings (SSSR count). The molecule has 0 bridgehead atoms. The molecule has 0 aromatic heterocycles. The second kappa shape index (κ2) is 20.6. The number of carbonyl (C=O) groups is 2. The zero-order chi connectivity index (χ0) is 24.8. The minimum Gasteiger partial charge on any atom is -0.460 e. The Morgan fingerprint density at radius 1 is 0.939 bits per heavy atom. The van der Waals surface area contributed by atoms with Crippen molar-refractivity contribution in [1.82, 2.24) is 5.32 Å². The van der Waals surface area contributed by atoms with Crippen LogP contribution in [0.4, 0.5) is 0 Å². The molecule has 0 aliphatic rings. The highest BCUT2D eigenvalue weighted by atomic mass is 16.6. The third-order valence-electron chi connectivity index (χ3n) is 3.96. The van der Waals surface area contributed by atoms with Crippen molar-refractivity contribution in [2.75, 3.05) is 65.9 Å². The molecule has 0 aliphatic carbocycles. The lowest BCUT2D eigenvalue weighted by Gasteiger charge is -2.19. The normalized spacial score (nSPS) is 12.1. The summed E-state index contributed by atoms with van der Waals surface area (Å²) in [4.78, 5) is 26.0. The number of ether oxygens (including phenoxy) is 5. The van der Waals surface area contributed by atoms with Gasteiger partial charge in [-0.1, -0.05) is 11.5 Å². The Hall–Kier alpha value is -1.95. The van der Waals surface area contributed by atoms with Gasteiger partial charge in [0.15, 0.2) is 0 Å². The Labute approximate surface area is 196 Å². The van der Waals surface area contributed by atoms with E-state index < -0.39 is 11.6 Å². The first-order valence-electron chi connectivity index (χ1n) is 11.3. The third kappa shape index (κ3) is 23.0. The summed E-state index contributed by atoms with van der Waals surface area (Å²) < 4.78 is 26.7. The summed E-state index contributed by atoms with van der Waals surface area (Å²) in [6.07, 6.45) is 2.20. The summed E-state index contributed by atoms with van der Waals surface area (Å²) in [6, 6.07) is -0.574. The smallest absolute Gasteiger partial charge is 0.308 e. The van der Waals surface area contributed by atoms with E-state index in [9.17, 15) is 9.59 Å². The van der Waals surface area contributed by atoms with Gasteiger partial charge in [0.25, 0.3) is 0 Å². The molecule has 1 atom stereocenters. The molecule has 0 fully saturated rings. The molecule has 0 heterocycles. The summed E-state index contributed by atoms with van der Waals surface area (Å²) in [6.45, 7) is 9.48. The number of rotatable bonds is 21. The molecule has 33 heavy (non-hydrogen) atoms. The molecule has 1 amide bonds. The first-order chi connectivity index (χ1) is 15.8. The molecule has 3 N–H and O–H groups in total. The van der Waals surface area contributed by atoms with Crippen LogP contribution in [0.5, 0.6) is 0 Å². The fourth-order valence-corrected chi connectivity index (χ4v) is 2.41. The highest BCUT2D eigenvalue weighted by Crippen LogP contribution is 2.08. The minimum absolute atomic E-state index is 0.218. The van der Waals surface area contributed by atoms with Crippen LogP contribution in [0.1, 0.15) is 46.5 Å². The van der Waals surface area contributed by atoms with Crippen LogP contribution in [0.25, 0.3) is 10.4 Å². The molecule has 12 nitrogen and oxygen atoms in total. The molecular weight excluding hydrogens is 434 g/mol. The minimum atomic E-state index is -0.574. The Bertz CT molecular complexity index is 566. The number of nitrogens with zero attached hydrogens (tertiary/aromatic N) is 3. The molecule has 0 saturated heterocycles. The highest BCUT2D eigenvalue weighted by Gasteiger charge is 2.15. The molecule has 0 spiro atoms. The number of azide groups is 1. The zero-order valence-corrected chi connectivity index (χ0v) is 20.3. The maximum atomic E-state index is 11.8. The van der Waals surface area contributed by atoms with Crippen LogP contribution >= 0.6 is 0 Å². The number of nitrogens with one attached hydrogen (secondary N) is 1. The fraction of sp³-hybridized carbons (Fsp3) is 0.905. The van der Waals surface area contributed by atoms with E-state index in [0.29, 0.717) is 78.8 Å². The number of carbonyl (C=O) groups excluding carboxylic acids is 2. The topological polar surface area (TPSA) is 167 Å². The van der Waals surface area contributed by atoms with Crippen LogP contribution in [0.3, 0.4) is 0 Å². The van der Waals surface area contributed by atoms with Crippen LogP contribution in [-0.4, -0.2) is 89.5 Å². The highest BCUT2D eigenvalue weighted by molar-refractivity contribution is 5.81. The molecule has 192 valence electrons. The van der Waals surface area contributed by atoms with E-state index in [1.54, 1.807) is 0 Å². The van der Waals surface area contributed by atoms with Gasteiger partial charge in [0.05, 0.1) is 65.3 Å². The Morgan fingerprint density at radius 3 is 2.03 bits per heavy atom. The van der Waals surface area contributed by atoms with Crippen molar-refractivity contribution in [3.05, 3.63) is 10.4 Å². The van der Waals surface area contributed by atoms with Crippen molar-refractivity contribution < 1.29 is 33.3 Å². The summed E-state index contributed by atoms with van der Waals surface area (Å²) in [7, 11) is 0. The standard InChI is InChI=1S/C21H41N5O7/c1-21(2,3)33-19(27)7-10-29-12-14-31-16-17-32-15-13-30-11-9-24-20(28)18(22)6-4-5-8-25-26-23/h18H,4-17,22H2,1-3H3,(H,24,28)/t18-/m0/s1. The van der Waals surface area contributed by atoms with E-state index in [1.807, 2.05) is 20.8 Å². The molecule has 0 aromatic carbocycles. The van der Waals surface area contributed by atoms with E-state index >= 15 is 0 Å². The van der Waals surface area contributed by atoms with Crippen LogP contribution < -0.4 is 11.1 Å². The lowest BCUT2D eigenvalue weighted by atomic mass is 10.1. The van der Waals surface area contributed by atoms with Crippen molar-refractivity contribution in [3.63, 3.8) is 0 Å². The predicted octanol–water partition coefficient (Wildman–Crippen LogP) is 1.71. The number of esters is 1. The Morgan fingerprint density at radius 2 is 1.48 bits per heavy atom. The van der Waals surface area contributed by atoms with Crippen molar-refractivity contribution in [2.24, 2.45) is 10.8 Å². The van der Waals surface area contributed by atoms with E-state index in [1.165, 1.54) is 0 Å². The lowest BCUT2D eigenvalue weighted by molar-refractivity contribution is -0.156. The average Bonchev–Trinajstić information content (AvgIpc) is 2.74. The van der Waals surface area contributed by atoms with E-state index in [-0.39, 0.29) is 18.3 Å². The number of hydrogen-bond acceptors (Lipinski definition) is 9. The average molecular weight is 476 g/mol. The van der Waals surface area contributed by atoms with Crippen molar-refractivity contribution in [3.8, 4) is 0 Å². The summed E-state index contributed by atoms with van der Waals surface area (Å²) in [5, 5.41) is 6.15. The molecule has 0 radical (unpaired) electrons. The number of nitrogens with two attached hydrogens (primary N) is 1. The van der Waals surface area contributed by atoms with Crippen LogP contribution in [0.15, 0.2) is 5.11 Å². The lowest BCUT2D eigenvalue weighted by Crippen LogP contribution is -2.41. The van der Waals surface area contributed by atoms with Gasteiger partial charge in [-0.15, -0.1) is 0 Å². The van der Waals surface area contributed by atoms with Gasteiger partial charge in [-0.05, 0) is 39.1 Å². The van der Waals surface area contributed by atoms with E-state index in [4.69, 9.17) is 34.9 Å². The third-order valence-corrected chi connectivity index (χ3v) is 3.96. The van der Waals surface area contributed by atoms with Gasteiger partial charge >= 0.3 is 5.97 Å². The van der Waals surface area contributed by atoms with Crippen molar-refractivity contribution in [2.45, 2.75) is 58.1 Å². The SMILES string of the molecule is CC(C)(C)OC(=O)CCOCCOCCOCCOCCNC(=O)[C@@H](N)CCCCN=[N+]=[N-]. The molecule has 12 heteroatoms. The first-order valence-corrected chi connectivity index (χ1v) is 11.3. The van der Waals surface area contributed by atoms with Crippen molar-refractivity contribution in [1.29, 1.82) is 0 Å². The number of unbranched alkanes of at least 4 members (excludes halogenated alkanes) is 1. The van der Waals surface area contributed by atoms with Crippen LogP contribution in [-0.2, 0) is 33.3 Å². The summed E-state index contributed by atoms with van der Waals surface area (Å²) in [5.74, 6) is -0.495. The number of hydrogen-bond donors (Lipinski definition) is 2. The van der Waals surface area contributed by atoms with Crippen molar-refractivity contribution >= 4 is 11.9 Å². The maximum absolute atomic E-state index is 11.8. The van der Waals surface area contributed by atoms with Gasteiger partial charge in [-0.25, -0.2) is 0 Å². The molecule has 0 aliphatic heterocycles. The fourth-order valence-electron chi connectivity index (χ4n) is 2.41. The molecule has 0 saturated carbocycles. The maximum Gasteiger partial charge on any atom is 0.308 e. The molecule has 0 unspecified atom stereocenters. The van der Waals surface area contributed by atoms with Crippen LogP contribution in [0.2, 0.25) is 0 Å². The zero-order valence-electron chi connectivity index (χ0n) is 20.3. The Balaban J connectivity index is 3.34. The predicted molar refractivity (Wildman–Crippen MR) is 123 cm³/mol. The number of amides is 1. The van der Waals surface area contributed by atoms with E-state index in [2.05, 4.69) is 15.3 Å². The van der Waals surface area contributed by atoms with Gasteiger partial charge in [0.1, 0.15) is 5.60 Å². The largest absolute Gasteiger partial charge is 0.460 e. The van der Waals surface area contributed by atoms with E-state index in [0.717, 1.165) is 6.42 Å². The van der Waals surface area contributed by atoms with Gasteiger partial charge in [0.2, 0.25) is 5.91 Å². The van der Waals surface area contributed by atoms with Gasteiger partial charge < -0.3 is 34.7 Å². The Kier molecular flexibility index (Phi) is 19.4. The molecule has 0 aromatic rings. The van der Waals surface area contributed by atoms with Gasteiger partial charge in [0, 0.05) is 18.0 Å². The van der Waals surface area contributed by atoms with Gasteiger partial charge in [-0.2, -0.15) is 0 Å². The summed E-state index contributed by atoms with van der Waals surface area (Å²) in [5.41, 5.74) is 13.5. The first kappa shape index (κ1) is 31.0.